The van der Waals surface area contributed by atoms with Gasteiger partial charge < -0.3 is 15.0 Å². The van der Waals surface area contributed by atoms with E-state index >= 15 is 0 Å². The van der Waals surface area contributed by atoms with Gasteiger partial charge in [0.15, 0.2) is 0 Å². The Labute approximate surface area is 183 Å². The van der Waals surface area contributed by atoms with Gasteiger partial charge in [0, 0.05) is 24.2 Å². The van der Waals surface area contributed by atoms with Crippen LogP contribution in [0, 0.1) is 0 Å². The van der Waals surface area contributed by atoms with E-state index in [-0.39, 0.29) is 29.8 Å². The van der Waals surface area contributed by atoms with Crippen LogP contribution in [0.5, 0.6) is 0 Å². The lowest BCUT2D eigenvalue weighted by atomic mass is 10.0. The van der Waals surface area contributed by atoms with Crippen LogP contribution >= 0.6 is 23.2 Å². The molecule has 0 unspecified atom stereocenters. The minimum absolute atomic E-state index is 0.0670. The fraction of sp³-hybridized carbons (Fsp3) is 0.636. The van der Waals surface area contributed by atoms with Crippen molar-refractivity contribution in [3.05, 3.63) is 34.9 Å². The molecule has 1 aliphatic heterocycles. The summed E-state index contributed by atoms with van der Waals surface area (Å²) in [4.78, 5) is 27.8. The zero-order valence-electron chi connectivity index (χ0n) is 16.7. The summed E-state index contributed by atoms with van der Waals surface area (Å²) in [5, 5.41) is 3.80. The molecule has 0 bridgehead atoms. The van der Waals surface area contributed by atoms with E-state index in [9.17, 15) is 9.59 Å². The topological polar surface area (TPSA) is 58.6 Å². The van der Waals surface area contributed by atoms with Crippen LogP contribution in [0.4, 0.5) is 0 Å². The first-order valence-corrected chi connectivity index (χ1v) is 11.5. The van der Waals surface area contributed by atoms with Crippen molar-refractivity contribution in [1.29, 1.82) is 0 Å². The number of ether oxygens (including phenoxy) is 1. The molecule has 1 aromatic rings. The van der Waals surface area contributed by atoms with Crippen LogP contribution in [0.1, 0.15) is 63.0 Å². The summed E-state index contributed by atoms with van der Waals surface area (Å²) in [7, 11) is 0. The first-order chi connectivity index (χ1) is 14.1. The van der Waals surface area contributed by atoms with Crippen molar-refractivity contribution >= 4 is 35.0 Å². The van der Waals surface area contributed by atoms with Crippen molar-refractivity contribution in [1.82, 2.24) is 10.2 Å². The third-order valence-electron chi connectivity index (χ3n) is 5.81. The fourth-order valence-electron chi connectivity index (χ4n) is 4.26. The third kappa shape index (κ3) is 6.34. The van der Waals surface area contributed by atoms with Gasteiger partial charge in [-0.1, -0.05) is 49.4 Å². The van der Waals surface area contributed by atoms with Gasteiger partial charge in [0.2, 0.25) is 11.8 Å². The molecule has 3 rings (SSSR count). The molecule has 1 aliphatic carbocycles. The van der Waals surface area contributed by atoms with Crippen molar-refractivity contribution in [3.8, 4) is 0 Å². The van der Waals surface area contributed by atoms with E-state index in [1.54, 1.807) is 17.0 Å². The van der Waals surface area contributed by atoms with Gasteiger partial charge in [0.05, 0.1) is 6.10 Å². The highest BCUT2D eigenvalue weighted by Crippen LogP contribution is 2.27. The van der Waals surface area contributed by atoms with Crippen molar-refractivity contribution in [2.75, 3.05) is 19.0 Å². The molecule has 0 radical (unpaired) electrons. The zero-order chi connectivity index (χ0) is 20.6. The van der Waals surface area contributed by atoms with Crippen LogP contribution < -0.4 is 5.32 Å². The number of halogens is 2. The Bertz CT molecular complexity index is 669. The third-order valence-corrected chi connectivity index (χ3v) is 6.29. The SMILES string of the molecule is O=C(NC1CCCCCC1)[C@@H](c1ccc(Cl)cc1)N(C[C@H]1CCCO1)C(=O)CCl. The van der Waals surface area contributed by atoms with Gasteiger partial charge in [-0.2, -0.15) is 0 Å². The van der Waals surface area contributed by atoms with Crippen molar-refractivity contribution < 1.29 is 14.3 Å². The minimum Gasteiger partial charge on any atom is -0.376 e. The van der Waals surface area contributed by atoms with Crippen molar-refractivity contribution in [2.24, 2.45) is 0 Å². The highest BCUT2D eigenvalue weighted by Gasteiger charge is 2.34. The molecule has 0 aromatic heterocycles. The molecule has 160 valence electrons. The summed E-state index contributed by atoms with van der Waals surface area (Å²) in [6, 6.07) is 6.52. The van der Waals surface area contributed by atoms with Gasteiger partial charge in [-0.3, -0.25) is 9.59 Å². The normalized spacial score (nSPS) is 21.4. The molecular formula is C22H30Cl2N2O3. The van der Waals surface area contributed by atoms with Gasteiger partial charge >= 0.3 is 0 Å². The van der Waals surface area contributed by atoms with E-state index in [0.717, 1.165) is 44.1 Å². The smallest absolute Gasteiger partial charge is 0.247 e. The van der Waals surface area contributed by atoms with Gasteiger partial charge in [0.1, 0.15) is 11.9 Å². The Kier molecular flexibility index (Phi) is 8.64. The number of hydrogen-bond donors (Lipinski definition) is 1. The first kappa shape index (κ1) is 22.4. The number of benzene rings is 1. The molecule has 29 heavy (non-hydrogen) atoms. The molecule has 2 aliphatic rings. The molecule has 7 heteroatoms. The summed E-state index contributed by atoms with van der Waals surface area (Å²) in [6.07, 6.45) is 8.40. The number of carbonyl (C=O) groups is 2. The minimum atomic E-state index is -0.744. The molecular weight excluding hydrogens is 411 g/mol. The summed E-state index contributed by atoms with van der Waals surface area (Å²) in [5.74, 6) is -0.595. The lowest BCUT2D eigenvalue weighted by molar-refractivity contribution is -0.141. The fourth-order valence-corrected chi connectivity index (χ4v) is 4.54. The number of alkyl halides is 1. The molecule has 1 saturated carbocycles. The predicted molar refractivity (Wildman–Crippen MR) is 115 cm³/mol. The van der Waals surface area contributed by atoms with E-state index in [4.69, 9.17) is 27.9 Å². The van der Waals surface area contributed by atoms with E-state index in [2.05, 4.69) is 5.32 Å². The maximum absolute atomic E-state index is 13.4. The Morgan fingerprint density at radius 2 is 1.76 bits per heavy atom. The standard InChI is InChI=1S/C22H30Cl2N2O3/c23-14-20(27)26(15-19-8-5-13-29-19)21(16-9-11-17(24)12-10-16)22(28)25-18-6-3-1-2-4-7-18/h9-12,18-19,21H,1-8,13-15H2,(H,25,28)/t19-,21-/m1/s1. The number of carbonyl (C=O) groups excluding carboxylic acids is 2. The second-order valence-corrected chi connectivity index (χ2v) is 8.67. The average Bonchev–Trinajstić information content (AvgIpc) is 3.11. The average molecular weight is 441 g/mol. The highest BCUT2D eigenvalue weighted by atomic mass is 35.5. The van der Waals surface area contributed by atoms with Crippen LogP contribution in [0.25, 0.3) is 0 Å². The van der Waals surface area contributed by atoms with Crippen LogP contribution in [-0.2, 0) is 14.3 Å². The van der Waals surface area contributed by atoms with Crippen LogP contribution in [0.3, 0.4) is 0 Å². The monoisotopic (exact) mass is 440 g/mol. The summed E-state index contributed by atoms with van der Waals surface area (Å²) in [5.41, 5.74) is 0.733. The van der Waals surface area contributed by atoms with Crippen LogP contribution in [0.15, 0.2) is 24.3 Å². The lowest BCUT2D eigenvalue weighted by Gasteiger charge is -2.33. The first-order valence-electron chi connectivity index (χ1n) is 10.6. The van der Waals surface area contributed by atoms with E-state index in [1.807, 2.05) is 12.1 Å². The molecule has 1 heterocycles. The largest absolute Gasteiger partial charge is 0.376 e. The van der Waals surface area contributed by atoms with Crippen molar-refractivity contribution in [3.63, 3.8) is 0 Å². The van der Waals surface area contributed by atoms with Gasteiger partial charge in [0.25, 0.3) is 0 Å². The number of nitrogens with one attached hydrogen (secondary N) is 1. The summed E-state index contributed by atoms with van der Waals surface area (Å²) in [6.45, 7) is 1.05. The Morgan fingerprint density at radius 3 is 2.34 bits per heavy atom. The molecule has 1 aromatic carbocycles. The molecule has 1 saturated heterocycles. The van der Waals surface area contributed by atoms with E-state index in [1.165, 1.54) is 12.8 Å². The molecule has 0 spiro atoms. The Balaban J connectivity index is 1.85. The second kappa shape index (κ2) is 11.2. The molecule has 2 amide bonds. The van der Waals surface area contributed by atoms with Crippen LogP contribution in [-0.4, -0.2) is 47.9 Å². The van der Waals surface area contributed by atoms with Crippen molar-refractivity contribution in [2.45, 2.75) is 69.6 Å². The highest BCUT2D eigenvalue weighted by molar-refractivity contribution is 6.30. The zero-order valence-corrected chi connectivity index (χ0v) is 18.3. The molecule has 5 nitrogen and oxygen atoms in total. The second-order valence-electron chi connectivity index (χ2n) is 7.97. The quantitative estimate of drug-likeness (QED) is 0.502. The number of amides is 2. The van der Waals surface area contributed by atoms with Gasteiger partial charge in [-0.05, 0) is 43.4 Å². The number of rotatable bonds is 7. The Morgan fingerprint density at radius 1 is 1.07 bits per heavy atom. The molecule has 1 N–H and O–H groups in total. The lowest BCUT2D eigenvalue weighted by Crippen LogP contribution is -2.49. The summed E-state index contributed by atoms with van der Waals surface area (Å²) >= 11 is 12.0. The maximum atomic E-state index is 13.4. The van der Waals surface area contributed by atoms with Gasteiger partial charge in [-0.25, -0.2) is 0 Å². The maximum Gasteiger partial charge on any atom is 0.247 e. The molecule has 2 fully saturated rings. The van der Waals surface area contributed by atoms with E-state index in [0.29, 0.717) is 18.2 Å². The van der Waals surface area contributed by atoms with Crippen LogP contribution in [0.2, 0.25) is 5.02 Å². The summed E-state index contributed by atoms with van der Waals surface area (Å²) < 4.78 is 5.74. The predicted octanol–water partition coefficient (Wildman–Crippen LogP) is 4.47. The van der Waals surface area contributed by atoms with E-state index < -0.39 is 6.04 Å². The van der Waals surface area contributed by atoms with Gasteiger partial charge in [-0.15, -0.1) is 11.6 Å². The number of nitrogens with zero attached hydrogens (tertiary/aromatic N) is 1. The molecule has 2 atom stereocenters. The number of hydrogen-bond acceptors (Lipinski definition) is 3. The Hall–Kier alpha value is -1.30.